The molecule has 24 heavy (non-hydrogen) atoms. The highest BCUT2D eigenvalue weighted by molar-refractivity contribution is 6.74. The zero-order valence-electron chi connectivity index (χ0n) is 15.5. The molecule has 0 aliphatic rings. The van der Waals surface area contributed by atoms with Gasteiger partial charge in [-0.25, -0.2) is 4.79 Å². The number of hydrogen-bond acceptors (Lipinski definition) is 4. The molecule has 1 rings (SSSR count). The molecular weight excluding hydrogens is 322 g/mol. The first kappa shape index (κ1) is 20.7. The van der Waals surface area contributed by atoms with E-state index < -0.39 is 14.4 Å². The van der Waals surface area contributed by atoms with Crippen molar-refractivity contribution in [1.29, 1.82) is 0 Å². The van der Waals surface area contributed by atoms with Crippen LogP contribution in [0.25, 0.3) is 0 Å². The van der Waals surface area contributed by atoms with Gasteiger partial charge in [0.15, 0.2) is 8.32 Å². The molecule has 0 heterocycles. The zero-order chi connectivity index (χ0) is 18.2. The van der Waals surface area contributed by atoms with Crippen LogP contribution in [0.5, 0.6) is 0 Å². The quantitative estimate of drug-likeness (QED) is 0.702. The van der Waals surface area contributed by atoms with Crippen LogP contribution in [0.3, 0.4) is 0 Å². The Labute approximate surface area is 146 Å². The predicted octanol–water partition coefficient (Wildman–Crippen LogP) is 3.54. The Hall–Kier alpha value is -1.37. The summed E-state index contributed by atoms with van der Waals surface area (Å²) in [6.07, 6.45) is -0.482. The van der Waals surface area contributed by atoms with Crippen LogP contribution in [0.1, 0.15) is 26.3 Å². The number of carbonyl (C=O) groups is 1. The summed E-state index contributed by atoms with van der Waals surface area (Å²) in [5.74, 6) is -0.136. The maximum atomic E-state index is 11.8. The van der Waals surface area contributed by atoms with Gasteiger partial charge >= 0.3 is 6.09 Å². The second-order valence-corrected chi connectivity index (χ2v) is 12.4. The third-order valence-corrected chi connectivity index (χ3v) is 8.99. The highest BCUT2D eigenvalue weighted by Crippen LogP contribution is 2.36. The summed E-state index contributed by atoms with van der Waals surface area (Å²) in [5.41, 5.74) is 0.938. The van der Waals surface area contributed by atoms with E-state index in [0.717, 1.165) is 5.56 Å². The second-order valence-electron chi connectivity index (χ2n) is 7.56. The molecule has 0 aliphatic carbocycles. The van der Waals surface area contributed by atoms with Crippen molar-refractivity contribution in [2.24, 2.45) is 5.92 Å². The summed E-state index contributed by atoms with van der Waals surface area (Å²) >= 11 is 0. The summed E-state index contributed by atoms with van der Waals surface area (Å²) in [6.45, 7) is 11.8. The summed E-state index contributed by atoms with van der Waals surface area (Å²) < 4.78 is 11.3. The van der Waals surface area contributed by atoms with Crippen molar-refractivity contribution in [3.63, 3.8) is 0 Å². The number of nitrogens with one attached hydrogen (secondary N) is 1. The third kappa shape index (κ3) is 7.03. The summed E-state index contributed by atoms with van der Waals surface area (Å²) in [5, 5.41) is 12.3. The van der Waals surface area contributed by atoms with Gasteiger partial charge in [-0.2, -0.15) is 0 Å². The monoisotopic (exact) mass is 353 g/mol. The fourth-order valence-electron chi connectivity index (χ4n) is 1.72. The number of rotatable bonds is 8. The van der Waals surface area contributed by atoms with Gasteiger partial charge in [-0.05, 0) is 23.7 Å². The number of amides is 1. The van der Waals surface area contributed by atoms with Crippen LogP contribution in [0, 0.1) is 5.92 Å². The fourth-order valence-corrected chi connectivity index (χ4v) is 2.81. The number of aliphatic hydroxyl groups is 1. The van der Waals surface area contributed by atoms with Crippen LogP contribution in [0.15, 0.2) is 30.3 Å². The lowest BCUT2D eigenvalue weighted by Crippen LogP contribution is -2.43. The number of ether oxygens (including phenoxy) is 1. The molecule has 1 unspecified atom stereocenters. The molecule has 0 spiro atoms. The minimum atomic E-state index is -1.85. The largest absolute Gasteiger partial charge is 0.445 e. The molecule has 6 heteroatoms. The SMILES string of the molecule is CC(C)(C)[Si](C)(C)OCC(CO)CNC(=O)OCc1ccccc1. The molecule has 1 aromatic carbocycles. The van der Waals surface area contributed by atoms with Gasteiger partial charge in [-0.1, -0.05) is 51.1 Å². The minimum absolute atomic E-state index is 0.0341. The number of hydrogen-bond donors (Lipinski definition) is 2. The van der Waals surface area contributed by atoms with E-state index in [9.17, 15) is 9.90 Å². The maximum absolute atomic E-state index is 11.8. The van der Waals surface area contributed by atoms with Gasteiger partial charge in [0.1, 0.15) is 6.61 Å². The fraction of sp³-hybridized carbons (Fsp3) is 0.611. The Morgan fingerprint density at radius 2 is 1.88 bits per heavy atom. The van der Waals surface area contributed by atoms with E-state index in [1.54, 1.807) is 0 Å². The van der Waals surface area contributed by atoms with Crippen LogP contribution in [0.4, 0.5) is 4.79 Å². The molecule has 1 amide bonds. The van der Waals surface area contributed by atoms with Gasteiger partial charge in [0.05, 0.1) is 0 Å². The van der Waals surface area contributed by atoms with Gasteiger partial charge in [0.25, 0.3) is 0 Å². The first-order valence-corrected chi connectivity index (χ1v) is 11.3. The maximum Gasteiger partial charge on any atom is 0.407 e. The Morgan fingerprint density at radius 3 is 2.42 bits per heavy atom. The Kier molecular flexibility index (Phi) is 7.92. The van der Waals surface area contributed by atoms with E-state index in [1.165, 1.54) is 0 Å². The van der Waals surface area contributed by atoms with E-state index >= 15 is 0 Å². The molecule has 0 bridgehead atoms. The van der Waals surface area contributed by atoms with E-state index in [4.69, 9.17) is 9.16 Å². The van der Waals surface area contributed by atoms with E-state index in [1.807, 2.05) is 30.3 Å². The minimum Gasteiger partial charge on any atom is -0.445 e. The lowest BCUT2D eigenvalue weighted by Gasteiger charge is -2.37. The third-order valence-electron chi connectivity index (χ3n) is 4.49. The first-order chi connectivity index (χ1) is 11.2. The molecule has 0 radical (unpaired) electrons. The first-order valence-electron chi connectivity index (χ1n) is 8.35. The van der Waals surface area contributed by atoms with E-state index in [0.29, 0.717) is 13.2 Å². The number of benzene rings is 1. The highest BCUT2D eigenvalue weighted by atomic mass is 28.4. The van der Waals surface area contributed by atoms with Gasteiger partial charge in [0, 0.05) is 25.7 Å². The van der Waals surface area contributed by atoms with E-state index in [-0.39, 0.29) is 24.2 Å². The number of carbonyl (C=O) groups excluding carboxylic acids is 1. The van der Waals surface area contributed by atoms with Crippen molar-refractivity contribution < 1.29 is 19.1 Å². The van der Waals surface area contributed by atoms with Gasteiger partial charge in [0.2, 0.25) is 0 Å². The second kappa shape index (κ2) is 9.20. The molecule has 0 fully saturated rings. The molecule has 5 nitrogen and oxygen atoms in total. The van der Waals surface area contributed by atoms with Crippen molar-refractivity contribution in [2.45, 2.75) is 45.5 Å². The normalized spacial score (nSPS) is 13.4. The Bertz CT molecular complexity index is 499. The van der Waals surface area contributed by atoms with Gasteiger partial charge in [-0.3, -0.25) is 0 Å². The molecule has 0 aromatic heterocycles. The smallest absolute Gasteiger partial charge is 0.407 e. The van der Waals surface area contributed by atoms with Gasteiger partial charge in [-0.15, -0.1) is 0 Å². The van der Waals surface area contributed by atoms with Crippen molar-refractivity contribution in [3.05, 3.63) is 35.9 Å². The Balaban J connectivity index is 2.34. The van der Waals surface area contributed by atoms with Crippen LogP contribution >= 0.6 is 0 Å². The molecule has 0 saturated heterocycles. The van der Waals surface area contributed by atoms with Crippen molar-refractivity contribution in [3.8, 4) is 0 Å². The highest BCUT2D eigenvalue weighted by Gasteiger charge is 2.37. The molecule has 136 valence electrons. The van der Waals surface area contributed by atoms with Crippen molar-refractivity contribution in [2.75, 3.05) is 19.8 Å². The molecule has 0 saturated carbocycles. The summed E-state index contributed by atoms with van der Waals surface area (Å²) in [7, 11) is -1.85. The topological polar surface area (TPSA) is 67.8 Å². The zero-order valence-corrected chi connectivity index (χ0v) is 16.5. The van der Waals surface area contributed by atoms with Gasteiger partial charge < -0.3 is 19.6 Å². The molecular formula is C18H31NO4Si. The summed E-state index contributed by atoms with van der Waals surface area (Å²) in [4.78, 5) is 11.8. The number of alkyl carbamates (subject to hydrolysis) is 1. The molecule has 1 aromatic rings. The molecule has 0 aliphatic heterocycles. The van der Waals surface area contributed by atoms with Crippen LogP contribution < -0.4 is 5.32 Å². The standard InChI is InChI=1S/C18H31NO4Si/c1-18(2,3)24(4,5)23-14-16(12-20)11-19-17(21)22-13-15-9-7-6-8-10-15/h6-10,16,20H,11-14H2,1-5H3,(H,19,21). The van der Waals surface area contributed by atoms with Crippen LogP contribution in [0.2, 0.25) is 18.1 Å². The number of aliphatic hydroxyl groups excluding tert-OH is 1. The molecule has 2 N–H and O–H groups in total. The van der Waals surface area contributed by atoms with Crippen LogP contribution in [-0.2, 0) is 15.8 Å². The average Bonchev–Trinajstić information content (AvgIpc) is 2.53. The van der Waals surface area contributed by atoms with Crippen molar-refractivity contribution in [1.82, 2.24) is 5.32 Å². The predicted molar refractivity (Wildman–Crippen MR) is 98.4 cm³/mol. The Morgan fingerprint density at radius 1 is 1.25 bits per heavy atom. The van der Waals surface area contributed by atoms with E-state index in [2.05, 4.69) is 39.2 Å². The van der Waals surface area contributed by atoms with Crippen molar-refractivity contribution >= 4 is 14.4 Å². The lowest BCUT2D eigenvalue weighted by molar-refractivity contribution is 0.125. The lowest BCUT2D eigenvalue weighted by atomic mass is 10.2. The van der Waals surface area contributed by atoms with Crippen LogP contribution in [-0.4, -0.2) is 39.3 Å². The summed E-state index contributed by atoms with van der Waals surface area (Å²) in [6, 6.07) is 9.51. The average molecular weight is 354 g/mol. The molecule has 1 atom stereocenters.